The van der Waals surface area contributed by atoms with Crippen LogP contribution in [-0.2, 0) is 19.4 Å². The van der Waals surface area contributed by atoms with Crippen LogP contribution in [-0.4, -0.2) is 43.2 Å². The number of esters is 1. The van der Waals surface area contributed by atoms with Crippen molar-refractivity contribution in [3.63, 3.8) is 0 Å². The Morgan fingerprint density at radius 2 is 2.23 bits per heavy atom. The molecule has 76 valence electrons. The first kappa shape index (κ1) is 10.5. The number of hydrogen-bond acceptors (Lipinski definition) is 5. The van der Waals surface area contributed by atoms with Crippen molar-refractivity contribution in [3.05, 3.63) is 0 Å². The molecule has 0 bridgehead atoms. The van der Waals surface area contributed by atoms with E-state index in [4.69, 9.17) is 0 Å². The fourth-order valence-electron chi connectivity index (χ4n) is 1.26. The van der Waals surface area contributed by atoms with E-state index in [0.717, 1.165) is 0 Å². The van der Waals surface area contributed by atoms with Crippen LogP contribution in [0.15, 0.2) is 0 Å². The molecule has 0 aromatic rings. The van der Waals surface area contributed by atoms with Crippen molar-refractivity contribution in [2.24, 2.45) is 0 Å². The van der Waals surface area contributed by atoms with E-state index >= 15 is 0 Å². The van der Waals surface area contributed by atoms with Crippen molar-refractivity contribution in [2.75, 3.05) is 18.1 Å². The highest BCUT2D eigenvalue weighted by Gasteiger charge is 2.47. The lowest BCUT2D eigenvalue weighted by Crippen LogP contribution is -2.41. The second-order valence-electron chi connectivity index (χ2n) is 3.09. The molecule has 1 rings (SSSR count). The first-order chi connectivity index (χ1) is 5.90. The Kier molecular flexibility index (Phi) is 2.63. The molecule has 1 unspecified atom stereocenters. The van der Waals surface area contributed by atoms with Crippen molar-refractivity contribution in [2.45, 2.75) is 18.9 Å². The van der Waals surface area contributed by atoms with Gasteiger partial charge in [0.1, 0.15) is 0 Å². The minimum absolute atomic E-state index is 0.0613. The topological polar surface area (TPSA) is 80.7 Å². The minimum Gasteiger partial charge on any atom is -0.464 e. The van der Waals surface area contributed by atoms with Crippen LogP contribution in [0.25, 0.3) is 0 Å². The van der Waals surface area contributed by atoms with E-state index in [9.17, 15) is 18.3 Å². The Morgan fingerprint density at radius 3 is 2.62 bits per heavy atom. The maximum Gasteiger partial charge on any atom is 0.339 e. The fourth-order valence-corrected chi connectivity index (χ4v) is 3.04. The van der Waals surface area contributed by atoms with Gasteiger partial charge in [0, 0.05) is 6.42 Å². The second-order valence-corrected chi connectivity index (χ2v) is 5.28. The number of ether oxygens (including phenoxy) is 1. The summed E-state index contributed by atoms with van der Waals surface area (Å²) in [7, 11) is -3.27. The van der Waals surface area contributed by atoms with Crippen LogP contribution < -0.4 is 0 Å². The third-order valence-corrected chi connectivity index (χ3v) is 3.68. The fraction of sp³-hybridized carbons (Fsp3) is 0.857. The molecule has 1 heterocycles. The number of aliphatic hydroxyl groups is 1. The van der Waals surface area contributed by atoms with E-state index < -0.39 is 27.2 Å². The summed E-state index contributed by atoms with van der Waals surface area (Å²) >= 11 is 0. The van der Waals surface area contributed by atoms with Crippen LogP contribution in [0.5, 0.6) is 0 Å². The van der Waals surface area contributed by atoms with Crippen molar-refractivity contribution >= 4 is 15.8 Å². The van der Waals surface area contributed by atoms with Crippen LogP contribution in [0.3, 0.4) is 0 Å². The average Bonchev–Trinajstić information content (AvgIpc) is 2.28. The molecule has 1 fully saturated rings. The molecule has 6 heteroatoms. The van der Waals surface area contributed by atoms with Gasteiger partial charge in [-0.15, -0.1) is 0 Å². The molecule has 1 saturated heterocycles. The van der Waals surface area contributed by atoms with Crippen LogP contribution in [0.4, 0.5) is 0 Å². The highest BCUT2D eigenvalue weighted by atomic mass is 32.2. The predicted octanol–water partition coefficient (Wildman–Crippen LogP) is -0.901. The number of carbonyl (C=O) groups is 1. The Bertz CT molecular complexity index is 307. The molecule has 1 N–H and O–H groups in total. The Balaban J connectivity index is 2.75. The number of rotatable bonds is 2. The molecule has 1 aliphatic heterocycles. The molecule has 0 saturated carbocycles. The minimum atomic E-state index is -3.27. The summed E-state index contributed by atoms with van der Waals surface area (Å²) in [5.41, 5.74) is -1.81. The largest absolute Gasteiger partial charge is 0.464 e. The maximum absolute atomic E-state index is 11.1. The summed E-state index contributed by atoms with van der Waals surface area (Å²) in [4.78, 5) is 11.1. The monoisotopic (exact) mass is 208 g/mol. The maximum atomic E-state index is 11.1. The van der Waals surface area contributed by atoms with Gasteiger partial charge < -0.3 is 9.84 Å². The Morgan fingerprint density at radius 1 is 1.62 bits per heavy atom. The second kappa shape index (κ2) is 3.26. The Hall–Kier alpha value is -0.620. The number of hydrogen-bond donors (Lipinski definition) is 1. The normalized spacial score (nSPS) is 31.5. The molecule has 1 atom stereocenters. The van der Waals surface area contributed by atoms with Crippen LogP contribution >= 0.6 is 0 Å². The summed E-state index contributed by atoms with van der Waals surface area (Å²) in [5, 5.41) is 9.57. The van der Waals surface area contributed by atoms with Gasteiger partial charge in [-0.25, -0.2) is 13.2 Å². The van der Waals surface area contributed by atoms with E-state index in [0.29, 0.717) is 0 Å². The van der Waals surface area contributed by atoms with E-state index in [1.54, 1.807) is 6.92 Å². The van der Waals surface area contributed by atoms with Crippen molar-refractivity contribution in [3.8, 4) is 0 Å². The van der Waals surface area contributed by atoms with Gasteiger partial charge in [-0.1, -0.05) is 0 Å². The zero-order chi connectivity index (χ0) is 10.1. The highest BCUT2D eigenvalue weighted by Crippen LogP contribution is 2.24. The first-order valence-electron chi connectivity index (χ1n) is 4.00. The van der Waals surface area contributed by atoms with E-state index in [1.165, 1.54) is 0 Å². The summed E-state index contributed by atoms with van der Waals surface area (Å²) in [6, 6.07) is 0. The van der Waals surface area contributed by atoms with E-state index in [2.05, 4.69) is 4.74 Å². The van der Waals surface area contributed by atoms with Gasteiger partial charge in [-0.05, 0) is 6.92 Å². The molecule has 5 nitrogen and oxygen atoms in total. The molecule has 0 spiro atoms. The quantitative estimate of drug-likeness (QED) is 0.595. The van der Waals surface area contributed by atoms with Crippen LogP contribution in [0.1, 0.15) is 13.3 Å². The van der Waals surface area contributed by atoms with Gasteiger partial charge in [-0.3, -0.25) is 0 Å². The molecule has 0 radical (unpaired) electrons. The number of carbonyl (C=O) groups excluding carboxylic acids is 1. The van der Waals surface area contributed by atoms with E-state index in [1.807, 2.05) is 0 Å². The van der Waals surface area contributed by atoms with Crippen molar-refractivity contribution in [1.29, 1.82) is 0 Å². The Labute approximate surface area is 76.6 Å². The third-order valence-electron chi connectivity index (χ3n) is 1.94. The molecule has 13 heavy (non-hydrogen) atoms. The molecule has 0 aromatic carbocycles. The third kappa shape index (κ3) is 2.19. The van der Waals surface area contributed by atoms with Crippen molar-refractivity contribution in [1.82, 2.24) is 0 Å². The number of sulfone groups is 1. The van der Waals surface area contributed by atoms with Gasteiger partial charge in [0.2, 0.25) is 0 Å². The molecular weight excluding hydrogens is 196 g/mol. The predicted molar refractivity (Wildman–Crippen MR) is 44.9 cm³/mol. The molecule has 0 aromatic heterocycles. The summed E-state index contributed by atoms with van der Waals surface area (Å²) in [6.45, 7) is 1.74. The summed E-state index contributed by atoms with van der Waals surface area (Å²) < 4.78 is 26.5. The summed E-state index contributed by atoms with van der Waals surface area (Å²) in [6.07, 6.45) is -0.0613. The van der Waals surface area contributed by atoms with Gasteiger partial charge in [-0.2, -0.15) is 0 Å². The van der Waals surface area contributed by atoms with Gasteiger partial charge >= 0.3 is 5.97 Å². The molecular formula is C7H12O5S. The van der Waals surface area contributed by atoms with E-state index in [-0.39, 0.29) is 18.8 Å². The van der Waals surface area contributed by atoms with Gasteiger partial charge in [0.25, 0.3) is 0 Å². The molecule has 0 amide bonds. The summed E-state index contributed by atoms with van der Waals surface area (Å²) in [5.74, 6) is -1.50. The van der Waals surface area contributed by atoms with Crippen LogP contribution in [0.2, 0.25) is 0 Å². The zero-order valence-electron chi connectivity index (χ0n) is 7.32. The standard InChI is InChI=1S/C7H12O5S/c1-2-12-6(8)7(9)3-4-13(10,11)5-7/h9H,2-5H2,1H3. The SMILES string of the molecule is CCOC(=O)C1(O)CCS(=O)(=O)C1. The van der Waals surface area contributed by atoms with Crippen LogP contribution in [0, 0.1) is 0 Å². The highest BCUT2D eigenvalue weighted by molar-refractivity contribution is 7.91. The molecule has 0 aliphatic carbocycles. The van der Waals surface area contributed by atoms with Gasteiger partial charge in [0.05, 0.1) is 18.1 Å². The lowest BCUT2D eigenvalue weighted by atomic mass is 10.1. The lowest BCUT2D eigenvalue weighted by molar-refractivity contribution is -0.162. The first-order valence-corrected chi connectivity index (χ1v) is 5.82. The zero-order valence-corrected chi connectivity index (χ0v) is 8.13. The average molecular weight is 208 g/mol. The molecule has 1 aliphatic rings. The van der Waals surface area contributed by atoms with Crippen molar-refractivity contribution < 1.29 is 23.1 Å². The van der Waals surface area contributed by atoms with Gasteiger partial charge in [0.15, 0.2) is 15.4 Å². The smallest absolute Gasteiger partial charge is 0.339 e. The lowest BCUT2D eigenvalue weighted by Gasteiger charge is -2.17.